The van der Waals surface area contributed by atoms with E-state index in [-0.39, 0.29) is 23.4 Å². The fourth-order valence-corrected chi connectivity index (χ4v) is 3.49. The number of Topliss-reactive ketones (excluding diaryl/α,β-unsaturated/α-hetero) is 1. The Morgan fingerprint density at radius 3 is 2.64 bits per heavy atom. The molecule has 1 aromatic heterocycles. The van der Waals surface area contributed by atoms with Crippen molar-refractivity contribution in [1.29, 1.82) is 0 Å². The second-order valence-electron chi connectivity index (χ2n) is 6.90. The van der Waals surface area contributed by atoms with Gasteiger partial charge in [-0.25, -0.2) is 9.97 Å². The molecule has 1 N–H and O–H groups in total. The van der Waals surface area contributed by atoms with Crippen LogP contribution in [0.5, 0.6) is 0 Å². The van der Waals surface area contributed by atoms with Gasteiger partial charge in [-0.15, -0.1) is 0 Å². The lowest BCUT2D eigenvalue weighted by Gasteiger charge is -2.23. The number of rotatable bonds is 4. The van der Waals surface area contributed by atoms with Crippen LogP contribution in [-0.4, -0.2) is 27.7 Å². The van der Waals surface area contributed by atoms with Gasteiger partial charge in [0.15, 0.2) is 11.6 Å². The number of nitrogens with one attached hydrogen (secondary N) is 1. The summed E-state index contributed by atoms with van der Waals surface area (Å²) < 4.78 is 0. The van der Waals surface area contributed by atoms with Gasteiger partial charge in [0.05, 0.1) is 12.4 Å². The van der Waals surface area contributed by atoms with Crippen molar-refractivity contribution in [3.63, 3.8) is 0 Å². The highest BCUT2D eigenvalue weighted by Crippen LogP contribution is 2.36. The lowest BCUT2D eigenvalue weighted by molar-refractivity contribution is 0.100. The summed E-state index contributed by atoms with van der Waals surface area (Å²) in [5.74, 6) is 0.294. The van der Waals surface area contributed by atoms with Gasteiger partial charge in [-0.2, -0.15) is 0 Å². The number of hydrogen-bond donors (Lipinski definition) is 1. The third-order valence-electron chi connectivity index (χ3n) is 4.85. The van der Waals surface area contributed by atoms with Crippen LogP contribution in [0.2, 0.25) is 0 Å². The van der Waals surface area contributed by atoms with E-state index in [0.717, 1.165) is 12.1 Å². The average molecular weight is 372 g/mol. The van der Waals surface area contributed by atoms with Crippen molar-refractivity contribution in [2.75, 3.05) is 10.2 Å². The number of carbonyl (C=O) groups is 2. The Morgan fingerprint density at radius 1 is 1.07 bits per heavy atom. The zero-order chi connectivity index (χ0) is 19.7. The molecule has 28 heavy (non-hydrogen) atoms. The van der Waals surface area contributed by atoms with Gasteiger partial charge in [-0.05, 0) is 44.0 Å². The van der Waals surface area contributed by atoms with E-state index in [0.29, 0.717) is 17.1 Å². The molecule has 0 spiro atoms. The van der Waals surface area contributed by atoms with Crippen molar-refractivity contribution in [2.24, 2.45) is 0 Å². The van der Waals surface area contributed by atoms with Crippen molar-refractivity contribution >= 4 is 28.9 Å². The van der Waals surface area contributed by atoms with Crippen LogP contribution in [-0.2, 0) is 6.42 Å². The lowest BCUT2D eigenvalue weighted by atomic mass is 10.1. The van der Waals surface area contributed by atoms with Crippen LogP contribution in [0.1, 0.15) is 40.3 Å². The summed E-state index contributed by atoms with van der Waals surface area (Å²) >= 11 is 0. The Balaban J connectivity index is 1.53. The number of anilines is 3. The second kappa shape index (κ2) is 7.23. The van der Waals surface area contributed by atoms with Crippen LogP contribution >= 0.6 is 0 Å². The highest BCUT2D eigenvalue weighted by Gasteiger charge is 2.28. The lowest BCUT2D eigenvalue weighted by Crippen LogP contribution is -2.25. The summed E-state index contributed by atoms with van der Waals surface area (Å²) in [7, 11) is 0. The number of amides is 1. The Bertz CT molecular complexity index is 1050. The highest BCUT2D eigenvalue weighted by molar-refractivity contribution is 6.03. The predicted octanol–water partition coefficient (Wildman–Crippen LogP) is 4.01. The van der Waals surface area contributed by atoms with Crippen molar-refractivity contribution in [1.82, 2.24) is 9.97 Å². The van der Waals surface area contributed by atoms with Crippen LogP contribution < -0.4 is 10.2 Å². The minimum atomic E-state index is -0.366. The average Bonchev–Trinajstić information content (AvgIpc) is 3.04. The molecule has 1 atom stereocenters. The minimum Gasteiger partial charge on any atom is -0.322 e. The van der Waals surface area contributed by atoms with Gasteiger partial charge in [0.2, 0.25) is 0 Å². The summed E-state index contributed by atoms with van der Waals surface area (Å²) in [5, 5.41) is 2.76. The number of hydrogen-bond acceptors (Lipinski definition) is 5. The van der Waals surface area contributed by atoms with Gasteiger partial charge in [-0.1, -0.05) is 30.3 Å². The molecule has 0 bridgehead atoms. The van der Waals surface area contributed by atoms with E-state index in [9.17, 15) is 9.59 Å². The molecule has 3 aromatic rings. The van der Waals surface area contributed by atoms with Crippen LogP contribution in [0.3, 0.4) is 0 Å². The van der Waals surface area contributed by atoms with E-state index < -0.39 is 0 Å². The van der Waals surface area contributed by atoms with E-state index in [1.165, 1.54) is 18.7 Å². The first kappa shape index (κ1) is 17.9. The largest absolute Gasteiger partial charge is 0.322 e. The van der Waals surface area contributed by atoms with Crippen molar-refractivity contribution in [3.05, 3.63) is 77.7 Å². The number of nitrogens with zero attached hydrogens (tertiary/aromatic N) is 3. The van der Waals surface area contributed by atoms with E-state index in [1.807, 2.05) is 12.1 Å². The van der Waals surface area contributed by atoms with Gasteiger partial charge in [0.1, 0.15) is 5.69 Å². The zero-order valence-corrected chi connectivity index (χ0v) is 15.7. The summed E-state index contributed by atoms with van der Waals surface area (Å²) in [6.45, 7) is 3.63. The Hall–Kier alpha value is -3.54. The quantitative estimate of drug-likeness (QED) is 0.700. The molecule has 0 aliphatic carbocycles. The third-order valence-corrected chi connectivity index (χ3v) is 4.85. The SMILES string of the molecule is CC(=O)c1cccc(NC(=O)c2cnc(N3c4ccccc4CC3C)cn2)c1. The number of benzene rings is 2. The maximum absolute atomic E-state index is 12.5. The number of aromatic nitrogens is 2. The molecule has 1 unspecified atom stereocenters. The highest BCUT2D eigenvalue weighted by atomic mass is 16.2. The molecule has 6 heteroatoms. The van der Waals surface area contributed by atoms with E-state index in [2.05, 4.69) is 39.2 Å². The molecule has 1 amide bonds. The summed E-state index contributed by atoms with van der Waals surface area (Å²) in [5.41, 5.74) is 3.72. The first-order valence-electron chi connectivity index (χ1n) is 9.14. The van der Waals surface area contributed by atoms with Gasteiger partial charge in [0.25, 0.3) is 5.91 Å². The molecule has 0 radical (unpaired) electrons. The molecule has 6 nitrogen and oxygen atoms in total. The first-order valence-corrected chi connectivity index (χ1v) is 9.14. The van der Waals surface area contributed by atoms with Crippen LogP contribution in [0.25, 0.3) is 0 Å². The standard InChI is InChI=1S/C22H20N4O2/c1-14-10-17-6-3-4-9-20(17)26(14)21-13-23-19(12-24-21)22(28)25-18-8-5-7-16(11-18)15(2)27/h3-9,11-14H,10H2,1-2H3,(H,25,28). The smallest absolute Gasteiger partial charge is 0.275 e. The number of ketones is 1. The first-order chi connectivity index (χ1) is 13.5. The summed E-state index contributed by atoms with van der Waals surface area (Å²) in [4.78, 5) is 34.9. The number of carbonyl (C=O) groups excluding carboxylic acids is 2. The normalized spacial score (nSPS) is 15.2. The molecular formula is C22H20N4O2. The van der Waals surface area contributed by atoms with E-state index >= 15 is 0 Å². The molecule has 4 rings (SSSR count). The zero-order valence-electron chi connectivity index (χ0n) is 15.7. The van der Waals surface area contributed by atoms with Crippen LogP contribution in [0.15, 0.2) is 60.9 Å². The van der Waals surface area contributed by atoms with Crippen LogP contribution in [0.4, 0.5) is 17.2 Å². The number of para-hydroxylation sites is 1. The predicted molar refractivity (Wildman–Crippen MR) is 108 cm³/mol. The van der Waals surface area contributed by atoms with Gasteiger partial charge < -0.3 is 10.2 Å². The van der Waals surface area contributed by atoms with Gasteiger partial charge in [-0.3, -0.25) is 9.59 Å². The molecular weight excluding hydrogens is 352 g/mol. The molecule has 2 heterocycles. The van der Waals surface area contributed by atoms with Gasteiger partial charge >= 0.3 is 0 Å². The van der Waals surface area contributed by atoms with E-state index in [1.54, 1.807) is 30.5 Å². The van der Waals surface area contributed by atoms with Crippen molar-refractivity contribution in [2.45, 2.75) is 26.3 Å². The molecule has 0 saturated carbocycles. The Morgan fingerprint density at radius 2 is 1.89 bits per heavy atom. The summed E-state index contributed by atoms with van der Waals surface area (Å²) in [6, 6.07) is 15.3. The Kier molecular flexibility index (Phi) is 4.61. The fourth-order valence-electron chi connectivity index (χ4n) is 3.49. The van der Waals surface area contributed by atoms with E-state index in [4.69, 9.17) is 0 Å². The molecule has 0 fully saturated rings. The third kappa shape index (κ3) is 3.36. The van der Waals surface area contributed by atoms with Gasteiger partial charge in [0, 0.05) is 23.0 Å². The molecule has 1 aliphatic rings. The monoisotopic (exact) mass is 372 g/mol. The minimum absolute atomic E-state index is 0.0553. The summed E-state index contributed by atoms with van der Waals surface area (Å²) in [6.07, 6.45) is 4.05. The molecule has 1 aliphatic heterocycles. The molecule has 0 saturated heterocycles. The molecule has 2 aromatic carbocycles. The molecule has 140 valence electrons. The maximum Gasteiger partial charge on any atom is 0.275 e. The van der Waals surface area contributed by atoms with Crippen molar-refractivity contribution < 1.29 is 9.59 Å². The second-order valence-corrected chi connectivity index (χ2v) is 6.90. The topological polar surface area (TPSA) is 75.2 Å². The Labute approximate surface area is 163 Å². The van der Waals surface area contributed by atoms with Crippen LogP contribution in [0, 0.1) is 0 Å². The number of fused-ring (bicyclic) bond motifs is 1. The fraction of sp³-hybridized carbons (Fsp3) is 0.182. The van der Waals surface area contributed by atoms with Crippen molar-refractivity contribution in [3.8, 4) is 0 Å². The maximum atomic E-state index is 12.5.